The number of benzene rings is 2. The van der Waals surface area contributed by atoms with E-state index < -0.39 is 33.6 Å². The Morgan fingerprint density at radius 3 is 2.09 bits per heavy atom. The Kier molecular flexibility index (Phi) is 9.96. The van der Waals surface area contributed by atoms with E-state index in [1.807, 2.05) is 13.8 Å². The van der Waals surface area contributed by atoms with Crippen molar-refractivity contribution in [3.05, 3.63) is 57.6 Å². The number of hydrogen-bond acceptors (Lipinski definition) is 5. The smallest absolute Gasteiger partial charge is 0.461 e. The van der Waals surface area contributed by atoms with Crippen LogP contribution in [0.1, 0.15) is 57.6 Å². The molecule has 0 atom stereocenters. The maximum Gasteiger partial charge on any atom is 0.461 e. The highest BCUT2D eigenvalue weighted by atomic mass is 35.5. The van der Waals surface area contributed by atoms with E-state index in [1.165, 1.54) is 12.1 Å². The number of alkyl halides is 2. The molecule has 0 heterocycles. The minimum Gasteiger partial charge on any atom is -0.490 e. The highest BCUT2D eigenvalue weighted by molar-refractivity contribution is 7.90. The Morgan fingerprint density at radius 1 is 1.00 bits per heavy atom. The Labute approximate surface area is 215 Å². The van der Waals surface area contributed by atoms with E-state index in [2.05, 4.69) is 11.7 Å². The summed E-state index contributed by atoms with van der Waals surface area (Å²) in [5.74, 6) is -1.59. The van der Waals surface area contributed by atoms with Crippen molar-refractivity contribution in [2.45, 2.75) is 58.0 Å². The summed E-state index contributed by atoms with van der Waals surface area (Å²) in [4.78, 5) is 11.8. The van der Waals surface area contributed by atoms with Crippen molar-refractivity contribution in [2.24, 2.45) is 0 Å². The fourth-order valence-electron chi connectivity index (χ4n) is 3.33. The number of carbonyl (C=O) groups is 1. The van der Waals surface area contributed by atoms with Gasteiger partial charge >= 0.3 is 6.11 Å². The monoisotopic (exact) mass is 550 g/mol. The van der Waals surface area contributed by atoms with Gasteiger partial charge in [-0.2, -0.15) is 8.78 Å². The summed E-state index contributed by atoms with van der Waals surface area (Å²) in [7, 11) is -3.34. The minimum absolute atomic E-state index is 0.193. The van der Waals surface area contributed by atoms with Gasteiger partial charge in [0, 0.05) is 18.1 Å². The summed E-state index contributed by atoms with van der Waals surface area (Å²) in [5, 5.41) is 0.760. The molecule has 0 N–H and O–H groups in total. The van der Waals surface area contributed by atoms with Crippen LogP contribution < -0.4 is 9.47 Å². The van der Waals surface area contributed by atoms with Gasteiger partial charge in [0.2, 0.25) is 5.78 Å². The molecule has 0 saturated heterocycles. The van der Waals surface area contributed by atoms with Gasteiger partial charge in [-0.1, -0.05) is 62.5 Å². The number of Topliss-reactive ketones (excluding diaryl/α,β-unsaturated/α-hetero) is 1. The molecule has 2 aromatic carbocycles. The Bertz CT molecular complexity index is 1110. The number of carbonyl (C=O) groups excluding carboxylic acids is 1. The molecule has 0 unspecified atom stereocenters. The second kappa shape index (κ2) is 11.9. The molecule has 0 saturated carbocycles. The van der Waals surface area contributed by atoms with Gasteiger partial charge in [-0.05, 0) is 48.2 Å². The van der Waals surface area contributed by atoms with Crippen LogP contribution in [0.3, 0.4) is 0 Å². The first-order chi connectivity index (χ1) is 16.2. The zero-order valence-corrected chi connectivity index (χ0v) is 22.5. The predicted octanol–water partition coefficient (Wildman–Crippen LogP) is 6.86. The van der Waals surface area contributed by atoms with E-state index in [1.54, 1.807) is 24.3 Å². The number of halogens is 4. The molecule has 0 fully saturated rings. The molecule has 35 heavy (non-hydrogen) atoms. The number of rotatable bonds is 13. The molecule has 0 amide bonds. The van der Waals surface area contributed by atoms with E-state index in [-0.39, 0.29) is 17.9 Å². The van der Waals surface area contributed by atoms with E-state index in [4.69, 9.17) is 27.9 Å². The summed E-state index contributed by atoms with van der Waals surface area (Å²) in [6.45, 7) is 6.42. The Balaban J connectivity index is 2.14. The van der Waals surface area contributed by atoms with Crippen LogP contribution in [0.2, 0.25) is 10.0 Å². The van der Waals surface area contributed by atoms with Crippen LogP contribution in [0.4, 0.5) is 8.78 Å². The summed E-state index contributed by atoms with van der Waals surface area (Å²) < 4.78 is 61.0. The Morgan fingerprint density at radius 2 is 1.57 bits per heavy atom. The maximum absolute atomic E-state index is 14.2. The normalized spacial score (nSPS) is 12.5. The molecule has 0 aliphatic heterocycles. The fourth-order valence-corrected chi connectivity index (χ4v) is 4.59. The lowest BCUT2D eigenvalue weighted by atomic mass is 9.78. The number of unbranched alkanes of at least 4 members (excludes halogenated alkanes) is 1. The van der Waals surface area contributed by atoms with Crippen molar-refractivity contribution < 1.29 is 31.5 Å². The van der Waals surface area contributed by atoms with Crippen LogP contribution in [0.5, 0.6) is 11.5 Å². The van der Waals surface area contributed by atoms with Gasteiger partial charge in [-0.3, -0.25) is 4.79 Å². The average molecular weight is 551 g/mol. The second-order valence-electron chi connectivity index (χ2n) is 8.90. The largest absolute Gasteiger partial charge is 0.490 e. The van der Waals surface area contributed by atoms with Gasteiger partial charge < -0.3 is 9.47 Å². The molecule has 2 rings (SSSR count). The van der Waals surface area contributed by atoms with Crippen LogP contribution in [-0.2, 0) is 20.0 Å². The molecule has 0 bridgehead atoms. The first kappa shape index (κ1) is 29.3. The number of ketones is 1. The highest BCUT2D eigenvalue weighted by Gasteiger charge is 2.41. The van der Waals surface area contributed by atoms with Crippen LogP contribution in [0.25, 0.3) is 0 Å². The molecule has 2 aromatic rings. The van der Waals surface area contributed by atoms with Crippen molar-refractivity contribution in [3.63, 3.8) is 0 Å². The minimum atomic E-state index is -4.07. The summed E-state index contributed by atoms with van der Waals surface area (Å²) in [5.41, 5.74) is 0.993. The standard InChI is InChI=1S/C25H30Cl2F2O5S/c1-5-6-13-33-23-20(26)15-18(16-21(23)27)24(2,3)17-9-11-19(12-10-17)34-25(28,29)22(30)8-7-14-35(4,31)32/h9-12,15-16H,5-8,13-14H2,1-4H3. The van der Waals surface area contributed by atoms with Crippen molar-refractivity contribution in [1.29, 1.82) is 0 Å². The third-order valence-electron chi connectivity index (χ3n) is 5.53. The first-order valence-corrected chi connectivity index (χ1v) is 14.0. The number of hydrogen-bond donors (Lipinski definition) is 0. The Hall–Kier alpha value is -1.90. The van der Waals surface area contributed by atoms with Gasteiger partial charge in [0.25, 0.3) is 0 Å². The van der Waals surface area contributed by atoms with E-state index in [0.717, 1.165) is 30.2 Å². The summed E-state index contributed by atoms with van der Waals surface area (Å²) >= 11 is 12.8. The molecule has 0 aliphatic rings. The third-order valence-corrected chi connectivity index (χ3v) is 7.12. The van der Waals surface area contributed by atoms with Crippen molar-refractivity contribution in [2.75, 3.05) is 18.6 Å². The van der Waals surface area contributed by atoms with Gasteiger partial charge in [0.1, 0.15) is 15.6 Å². The quantitative estimate of drug-likeness (QED) is 0.254. The van der Waals surface area contributed by atoms with Crippen molar-refractivity contribution in [1.82, 2.24) is 0 Å². The van der Waals surface area contributed by atoms with Crippen molar-refractivity contribution >= 4 is 38.8 Å². The summed E-state index contributed by atoms with van der Waals surface area (Å²) in [6, 6.07) is 9.46. The van der Waals surface area contributed by atoms with E-state index in [9.17, 15) is 22.0 Å². The van der Waals surface area contributed by atoms with Crippen LogP contribution in [0.15, 0.2) is 36.4 Å². The molecule has 0 aliphatic carbocycles. The lowest BCUT2D eigenvalue weighted by Gasteiger charge is -2.27. The molecule has 0 radical (unpaired) electrons. The zero-order valence-electron chi connectivity index (χ0n) is 20.2. The topological polar surface area (TPSA) is 69.7 Å². The first-order valence-electron chi connectivity index (χ1n) is 11.2. The average Bonchev–Trinajstić information content (AvgIpc) is 2.74. The predicted molar refractivity (Wildman–Crippen MR) is 135 cm³/mol. The fraction of sp³-hybridized carbons (Fsp3) is 0.480. The highest BCUT2D eigenvalue weighted by Crippen LogP contribution is 2.41. The van der Waals surface area contributed by atoms with Crippen LogP contribution in [-0.4, -0.2) is 38.9 Å². The zero-order chi connectivity index (χ0) is 26.4. The van der Waals surface area contributed by atoms with Gasteiger partial charge in [0.05, 0.1) is 22.4 Å². The van der Waals surface area contributed by atoms with E-state index in [0.29, 0.717) is 22.4 Å². The van der Waals surface area contributed by atoms with Gasteiger partial charge in [-0.25, -0.2) is 8.42 Å². The third kappa shape index (κ3) is 8.33. The van der Waals surface area contributed by atoms with Crippen LogP contribution >= 0.6 is 23.2 Å². The summed E-state index contributed by atoms with van der Waals surface area (Å²) in [6.07, 6.45) is -2.04. The molecule has 0 spiro atoms. The maximum atomic E-state index is 14.2. The van der Waals surface area contributed by atoms with E-state index >= 15 is 0 Å². The lowest BCUT2D eigenvalue weighted by Crippen LogP contribution is -2.35. The molecule has 194 valence electrons. The number of ether oxygens (including phenoxy) is 2. The van der Waals surface area contributed by atoms with Gasteiger partial charge in [-0.15, -0.1) is 0 Å². The number of sulfone groups is 1. The molecular weight excluding hydrogens is 521 g/mol. The molecular formula is C25H30Cl2F2O5S. The SMILES string of the molecule is CCCCOc1c(Cl)cc(C(C)(C)c2ccc(OC(F)(F)C(=O)CCCS(C)(=O)=O)cc2)cc1Cl. The molecule has 10 heteroatoms. The van der Waals surface area contributed by atoms with Crippen LogP contribution in [0, 0.1) is 0 Å². The molecule has 0 aromatic heterocycles. The second-order valence-corrected chi connectivity index (χ2v) is 12.0. The van der Waals surface area contributed by atoms with Gasteiger partial charge in [0.15, 0.2) is 5.75 Å². The lowest BCUT2D eigenvalue weighted by molar-refractivity contribution is -0.190. The molecule has 5 nitrogen and oxygen atoms in total. The van der Waals surface area contributed by atoms with Crippen molar-refractivity contribution in [3.8, 4) is 11.5 Å².